The third-order valence-corrected chi connectivity index (χ3v) is 6.34. The number of nitrogens with one attached hydrogen (secondary N) is 2. The van der Waals surface area contributed by atoms with E-state index in [9.17, 15) is 19.5 Å². The number of rotatable bonds is 8. The summed E-state index contributed by atoms with van der Waals surface area (Å²) >= 11 is 0. The standard InChI is InChI=1S/C28H28N2O5/c1-3-9-25(27(32)33)29-26(31)18-14-8-15-24(17(18)2)30-28(34)35-16-23-21-12-6-4-10-19(21)20-11-5-7-13-22(20)23/h4-8,10-15,23,25H,3,9,16H2,1-2H3,(H,29,31)(H,30,34)(H,32,33)/t25-/m1/s1. The normalized spacial score (nSPS) is 12.9. The fraction of sp³-hybridized carbons (Fsp3) is 0.250. The molecule has 7 nitrogen and oxygen atoms in total. The van der Waals surface area contributed by atoms with E-state index in [1.165, 1.54) is 0 Å². The molecule has 1 aliphatic rings. The van der Waals surface area contributed by atoms with E-state index < -0.39 is 24.0 Å². The molecule has 3 N–H and O–H groups in total. The molecule has 35 heavy (non-hydrogen) atoms. The topological polar surface area (TPSA) is 105 Å². The molecule has 0 aromatic heterocycles. The van der Waals surface area contributed by atoms with Crippen LogP contribution in [0.2, 0.25) is 0 Å². The van der Waals surface area contributed by atoms with Crippen LogP contribution in [0.5, 0.6) is 0 Å². The molecule has 1 atom stereocenters. The van der Waals surface area contributed by atoms with E-state index in [4.69, 9.17) is 4.74 Å². The zero-order valence-electron chi connectivity index (χ0n) is 19.7. The van der Waals surface area contributed by atoms with Crippen LogP contribution in [0, 0.1) is 6.92 Å². The molecule has 1 aliphatic carbocycles. The number of anilines is 1. The number of carboxylic acid groups (broad SMARTS) is 1. The first-order chi connectivity index (χ1) is 16.9. The van der Waals surface area contributed by atoms with E-state index >= 15 is 0 Å². The van der Waals surface area contributed by atoms with Gasteiger partial charge in [0.05, 0.1) is 0 Å². The quantitative estimate of drug-likeness (QED) is 0.411. The van der Waals surface area contributed by atoms with Crippen LogP contribution in [0.3, 0.4) is 0 Å². The van der Waals surface area contributed by atoms with Gasteiger partial charge < -0.3 is 15.2 Å². The van der Waals surface area contributed by atoms with Gasteiger partial charge in [0, 0.05) is 17.2 Å². The minimum atomic E-state index is -1.08. The van der Waals surface area contributed by atoms with Gasteiger partial charge in [0.25, 0.3) is 5.91 Å². The largest absolute Gasteiger partial charge is 0.480 e. The van der Waals surface area contributed by atoms with E-state index in [0.717, 1.165) is 22.3 Å². The van der Waals surface area contributed by atoms with Crippen molar-refractivity contribution in [2.24, 2.45) is 0 Å². The lowest BCUT2D eigenvalue weighted by Crippen LogP contribution is -2.40. The zero-order chi connectivity index (χ0) is 24.9. The van der Waals surface area contributed by atoms with Crippen LogP contribution < -0.4 is 10.6 Å². The first kappa shape index (κ1) is 24.0. The third-order valence-electron chi connectivity index (χ3n) is 6.34. The van der Waals surface area contributed by atoms with E-state index in [2.05, 4.69) is 34.9 Å². The van der Waals surface area contributed by atoms with Gasteiger partial charge in [-0.15, -0.1) is 0 Å². The molecule has 4 rings (SSSR count). The summed E-state index contributed by atoms with van der Waals surface area (Å²) in [6.07, 6.45) is 0.333. The minimum absolute atomic E-state index is 0.0575. The molecular formula is C28H28N2O5. The fourth-order valence-corrected chi connectivity index (χ4v) is 4.54. The van der Waals surface area contributed by atoms with Crippen molar-refractivity contribution < 1.29 is 24.2 Å². The summed E-state index contributed by atoms with van der Waals surface area (Å²) < 4.78 is 5.60. The molecular weight excluding hydrogens is 444 g/mol. The minimum Gasteiger partial charge on any atom is -0.480 e. The van der Waals surface area contributed by atoms with Gasteiger partial charge in [-0.3, -0.25) is 10.1 Å². The number of fused-ring (bicyclic) bond motifs is 3. The predicted molar refractivity (Wildman–Crippen MR) is 134 cm³/mol. The third kappa shape index (κ3) is 5.04. The predicted octanol–water partition coefficient (Wildman–Crippen LogP) is 5.34. The van der Waals surface area contributed by atoms with Crippen LogP contribution in [-0.4, -0.2) is 35.7 Å². The lowest BCUT2D eigenvalue weighted by atomic mass is 9.98. The van der Waals surface area contributed by atoms with E-state index in [1.54, 1.807) is 25.1 Å². The van der Waals surface area contributed by atoms with Crippen molar-refractivity contribution in [3.05, 3.63) is 89.0 Å². The second-order valence-corrected chi connectivity index (χ2v) is 8.58. The summed E-state index contributed by atoms with van der Waals surface area (Å²) in [4.78, 5) is 36.8. The summed E-state index contributed by atoms with van der Waals surface area (Å²) in [5, 5.41) is 14.6. The number of aliphatic carboxylic acids is 1. The fourth-order valence-electron chi connectivity index (χ4n) is 4.54. The number of hydrogen-bond acceptors (Lipinski definition) is 4. The van der Waals surface area contributed by atoms with Gasteiger partial charge in [0.2, 0.25) is 0 Å². The molecule has 0 aliphatic heterocycles. The SMILES string of the molecule is CCC[C@@H](NC(=O)c1cccc(NC(=O)OCC2c3ccccc3-c3ccccc32)c1C)C(=O)O. The molecule has 0 unspecified atom stereocenters. The smallest absolute Gasteiger partial charge is 0.411 e. The molecule has 0 bridgehead atoms. The van der Waals surface area contributed by atoms with Gasteiger partial charge in [-0.2, -0.15) is 0 Å². The van der Waals surface area contributed by atoms with Gasteiger partial charge in [-0.25, -0.2) is 9.59 Å². The van der Waals surface area contributed by atoms with Crippen LogP contribution in [-0.2, 0) is 9.53 Å². The second kappa shape index (κ2) is 10.4. The molecule has 0 saturated carbocycles. The summed E-state index contributed by atoms with van der Waals surface area (Å²) in [6, 6.07) is 20.1. The molecule has 3 aromatic carbocycles. The Labute approximate surface area is 204 Å². The Bertz CT molecular complexity index is 1220. The van der Waals surface area contributed by atoms with E-state index in [-0.39, 0.29) is 12.5 Å². The lowest BCUT2D eigenvalue weighted by molar-refractivity contribution is -0.139. The van der Waals surface area contributed by atoms with Gasteiger partial charge in [0.15, 0.2) is 0 Å². The second-order valence-electron chi connectivity index (χ2n) is 8.58. The van der Waals surface area contributed by atoms with Crippen LogP contribution in [0.1, 0.15) is 52.7 Å². The number of amides is 2. The average Bonchev–Trinajstić information content (AvgIpc) is 3.17. The highest BCUT2D eigenvalue weighted by Crippen LogP contribution is 2.44. The maximum atomic E-state index is 12.7. The first-order valence-electron chi connectivity index (χ1n) is 11.7. The van der Waals surface area contributed by atoms with E-state index in [0.29, 0.717) is 29.7 Å². The molecule has 0 heterocycles. The van der Waals surface area contributed by atoms with Gasteiger partial charge in [-0.05, 0) is 53.3 Å². The summed E-state index contributed by atoms with van der Waals surface area (Å²) in [7, 11) is 0. The van der Waals surface area contributed by atoms with Crippen LogP contribution in [0.4, 0.5) is 10.5 Å². The Balaban J connectivity index is 1.44. The van der Waals surface area contributed by atoms with Gasteiger partial charge in [-0.1, -0.05) is 67.9 Å². The Hall–Kier alpha value is -4.13. The number of carbonyl (C=O) groups excluding carboxylic acids is 2. The Morgan fingerprint density at radius 1 is 0.943 bits per heavy atom. The molecule has 0 fully saturated rings. The molecule has 0 saturated heterocycles. The van der Waals surface area contributed by atoms with Crippen molar-refractivity contribution in [2.75, 3.05) is 11.9 Å². The number of carboxylic acids is 1. The number of benzene rings is 3. The monoisotopic (exact) mass is 472 g/mol. The number of ether oxygens (including phenoxy) is 1. The highest BCUT2D eigenvalue weighted by atomic mass is 16.5. The molecule has 2 amide bonds. The first-order valence-corrected chi connectivity index (χ1v) is 11.7. The zero-order valence-corrected chi connectivity index (χ0v) is 19.7. The van der Waals surface area contributed by atoms with Crippen LogP contribution >= 0.6 is 0 Å². The summed E-state index contributed by atoms with van der Waals surface area (Å²) in [5.41, 5.74) is 5.79. The van der Waals surface area contributed by atoms with Crippen LogP contribution in [0.25, 0.3) is 11.1 Å². The Kier molecular flexibility index (Phi) is 7.15. The molecule has 0 radical (unpaired) electrons. The van der Waals surface area contributed by atoms with Crippen molar-refractivity contribution in [1.29, 1.82) is 0 Å². The maximum absolute atomic E-state index is 12.7. The molecule has 180 valence electrons. The van der Waals surface area contributed by atoms with Crippen molar-refractivity contribution in [1.82, 2.24) is 5.32 Å². The summed E-state index contributed by atoms with van der Waals surface area (Å²) in [5.74, 6) is -1.64. The van der Waals surface area contributed by atoms with Gasteiger partial charge in [0.1, 0.15) is 12.6 Å². The van der Waals surface area contributed by atoms with Crippen molar-refractivity contribution in [3.63, 3.8) is 0 Å². The van der Waals surface area contributed by atoms with Crippen molar-refractivity contribution >= 4 is 23.7 Å². The average molecular weight is 473 g/mol. The highest BCUT2D eigenvalue weighted by molar-refractivity contribution is 6.00. The van der Waals surface area contributed by atoms with E-state index in [1.807, 2.05) is 31.2 Å². The maximum Gasteiger partial charge on any atom is 0.411 e. The van der Waals surface area contributed by atoms with Crippen LogP contribution in [0.15, 0.2) is 66.7 Å². The lowest BCUT2D eigenvalue weighted by Gasteiger charge is -2.17. The highest BCUT2D eigenvalue weighted by Gasteiger charge is 2.29. The van der Waals surface area contributed by atoms with Crippen molar-refractivity contribution in [2.45, 2.75) is 38.6 Å². The molecule has 3 aromatic rings. The molecule has 7 heteroatoms. The summed E-state index contributed by atoms with van der Waals surface area (Å²) in [6.45, 7) is 3.73. The Morgan fingerprint density at radius 2 is 1.57 bits per heavy atom. The molecule has 0 spiro atoms. The Morgan fingerprint density at radius 3 is 2.17 bits per heavy atom. The van der Waals surface area contributed by atoms with Gasteiger partial charge >= 0.3 is 12.1 Å². The number of carbonyl (C=O) groups is 3. The number of hydrogen-bond donors (Lipinski definition) is 3. The van der Waals surface area contributed by atoms with Crippen molar-refractivity contribution in [3.8, 4) is 11.1 Å².